The molecule has 0 unspecified atom stereocenters. The maximum Gasteiger partial charge on any atom is 0.115 e. The molecule has 0 bridgehead atoms. The lowest BCUT2D eigenvalue weighted by Crippen LogP contribution is -2.46. The zero-order valence-corrected chi connectivity index (χ0v) is 11.0. The summed E-state index contributed by atoms with van der Waals surface area (Å²) in [4.78, 5) is 2.68. The summed E-state index contributed by atoms with van der Waals surface area (Å²) in [5, 5.41) is 9.34. The van der Waals surface area contributed by atoms with E-state index in [-0.39, 0.29) is 0 Å². The second-order valence-corrected chi connectivity index (χ2v) is 5.89. The van der Waals surface area contributed by atoms with Crippen LogP contribution in [0.25, 0.3) is 0 Å². The lowest BCUT2D eigenvalue weighted by molar-refractivity contribution is 0.0547. The molecule has 0 aromatic heterocycles. The van der Waals surface area contributed by atoms with Crippen molar-refractivity contribution in [2.75, 3.05) is 6.54 Å². The van der Waals surface area contributed by atoms with Crippen molar-refractivity contribution in [2.24, 2.45) is 5.92 Å². The molecular weight excluding hydrogens is 222 g/mol. The third-order valence-corrected chi connectivity index (χ3v) is 4.68. The molecule has 1 saturated heterocycles. The van der Waals surface area contributed by atoms with Crippen molar-refractivity contribution in [3.8, 4) is 5.75 Å². The molecule has 1 aromatic carbocycles. The summed E-state index contributed by atoms with van der Waals surface area (Å²) in [5.74, 6) is 1.32. The molecule has 0 radical (unpaired) electrons. The summed E-state index contributed by atoms with van der Waals surface area (Å²) in [5.41, 5.74) is 1.33. The molecule has 2 heteroatoms. The highest BCUT2D eigenvalue weighted by atomic mass is 16.3. The third-order valence-electron chi connectivity index (χ3n) is 4.68. The van der Waals surface area contributed by atoms with Crippen molar-refractivity contribution in [3.05, 3.63) is 29.8 Å². The number of aromatic hydroxyl groups is 1. The van der Waals surface area contributed by atoms with E-state index in [2.05, 4.69) is 17.0 Å². The van der Waals surface area contributed by atoms with Gasteiger partial charge in [0, 0.05) is 12.6 Å². The lowest BCUT2D eigenvalue weighted by Gasteiger charge is -2.44. The van der Waals surface area contributed by atoms with Crippen LogP contribution in [0.15, 0.2) is 24.3 Å². The van der Waals surface area contributed by atoms with Gasteiger partial charge in [-0.2, -0.15) is 0 Å². The van der Waals surface area contributed by atoms with Crippen LogP contribution in [0.4, 0.5) is 0 Å². The van der Waals surface area contributed by atoms with Gasteiger partial charge in [-0.25, -0.2) is 0 Å². The van der Waals surface area contributed by atoms with E-state index in [1.54, 1.807) is 12.1 Å². The maximum atomic E-state index is 9.34. The van der Waals surface area contributed by atoms with Crippen molar-refractivity contribution in [2.45, 2.75) is 51.1 Å². The first-order valence-electron chi connectivity index (χ1n) is 7.35. The topological polar surface area (TPSA) is 23.5 Å². The van der Waals surface area contributed by atoms with Crippen LogP contribution >= 0.6 is 0 Å². The molecule has 1 saturated carbocycles. The molecule has 2 aliphatic rings. The molecule has 1 aromatic rings. The highest BCUT2D eigenvalue weighted by molar-refractivity contribution is 5.25. The number of phenols is 1. The zero-order chi connectivity index (χ0) is 12.4. The summed E-state index contributed by atoms with van der Waals surface area (Å²) in [6, 6.07) is 8.54. The van der Waals surface area contributed by atoms with Gasteiger partial charge < -0.3 is 5.11 Å². The van der Waals surface area contributed by atoms with Gasteiger partial charge >= 0.3 is 0 Å². The van der Waals surface area contributed by atoms with E-state index in [9.17, 15) is 5.11 Å². The van der Waals surface area contributed by atoms with Crippen molar-refractivity contribution >= 4 is 0 Å². The van der Waals surface area contributed by atoms with Gasteiger partial charge in [0.15, 0.2) is 0 Å². The highest BCUT2D eigenvalue weighted by Crippen LogP contribution is 2.35. The van der Waals surface area contributed by atoms with Gasteiger partial charge in [-0.05, 0) is 55.8 Å². The van der Waals surface area contributed by atoms with Crippen molar-refractivity contribution < 1.29 is 5.11 Å². The molecule has 1 aliphatic carbocycles. The largest absolute Gasteiger partial charge is 0.508 e. The summed E-state index contributed by atoms with van der Waals surface area (Å²) in [6.07, 6.45) is 8.48. The number of hydrogen-bond acceptors (Lipinski definition) is 2. The number of rotatable bonds is 2. The van der Waals surface area contributed by atoms with Crippen LogP contribution in [0.5, 0.6) is 5.75 Å². The number of phenolic OH excluding ortho intramolecular Hbond substituents is 1. The minimum atomic E-state index is 0.368. The van der Waals surface area contributed by atoms with E-state index in [0.29, 0.717) is 5.75 Å². The first-order valence-corrected chi connectivity index (χ1v) is 7.35. The molecule has 18 heavy (non-hydrogen) atoms. The van der Waals surface area contributed by atoms with E-state index in [1.165, 1.54) is 50.6 Å². The van der Waals surface area contributed by atoms with Crippen LogP contribution in [-0.2, 0) is 6.54 Å². The fourth-order valence-electron chi connectivity index (χ4n) is 3.76. The maximum absolute atomic E-state index is 9.34. The Morgan fingerprint density at radius 3 is 2.56 bits per heavy atom. The van der Waals surface area contributed by atoms with E-state index in [4.69, 9.17) is 0 Å². The molecule has 2 fully saturated rings. The Balaban J connectivity index is 1.69. The second kappa shape index (κ2) is 5.31. The number of hydrogen-bond donors (Lipinski definition) is 1. The Morgan fingerprint density at radius 2 is 1.72 bits per heavy atom. The highest BCUT2D eigenvalue weighted by Gasteiger charge is 2.32. The molecule has 1 aliphatic heterocycles. The minimum Gasteiger partial charge on any atom is -0.508 e. The smallest absolute Gasteiger partial charge is 0.115 e. The standard InChI is InChI=1S/C16H23NO/c18-15-9-7-13(8-10-15)12-17-11-3-5-14-4-1-2-6-16(14)17/h7-10,14,16,18H,1-6,11-12H2/t14-,16-/m1/s1. The third kappa shape index (κ3) is 2.54. The second-order valence-electron chi connectivity index (χ2n) is 5.89. The summed E-state index contributed by atoms with van der Waals surface area (Å²) in [6.45, 7) is 2.31. The van der Waals surface area contributed by atoms with Gasteiger partial charge in [0.1, 0.15) is 5.75 Å². The first kappa shape index (κ1) is 12.0. The van der Waals surface area contributed by atoms with Crippen molar-refractivity contribution in [1.82, 2.24) is 4.90 Å². The molecule has 98 valence electrons. The fraction of sp³-hybridized carbons (Fsp3) is 0.625. The Bertz CT molecular complexity index is 385. The Labute approximate surface area is 110 Å². The quantitative estimate of drug-likeness (QED) is 0.861. The van der Waals surface area contributed by atoms with Crippen LogP contribution in [0.3, 0.4) is 0 Å². The molecular formula is C16H23NO. The number of piperidine rings is 1. The Hall–Kier alpha value is -1.02. The molecule has 0 spiro atoms. The van der Waals surface area contributed by atoms with Crippen molar-refractivity contribution in [3.63, 3.8) is 0 Å². The van der Waals surface area contributed by atoms with Crippen LogP contribution in [-0.4, -0.2) is 22.6 Å². The van der Waals surface area contributed by atoms with Crippen LogP contribution in [0.1, 0.15) is 44.1 Å². The lowest BCUT2D eigenvalue weighted by atomic mass is 9.78. The van der Waals surface area contributed by atoms with E-state index < -0.39 is 0 Å². The fourth-order valence-corrected chi connectivity index (χ4v) is 3.76. The molecule has 2 atom stereocenters. The van der Waals surface area contributed by atoms with Crippen LogP contribution in [0, 0.1) is 5.92 Å². The predicted molar refractivity (Wildman–Crippen MR) is 73.5 cm³/mol. The summed E-state index contributed by atoms with van der Waals surface area (Å²) in [7, 11) is 0. The summed E-state index contributed by atoms with van der Waals surface area (Å²) < 4.78 is 0. The SMILES string of the molecule is Oc1ccc(CN2CCC[C@H]3CCCC[C@H]32)cc1. The molecule has 1 N–H and O–H groups in total. The zero-order valence-electron chi connectivity index (χ0n) is 11.0. The molecule has 2 nitrogen and oxygen atoms in total. The van der Waals surface area contributed by atoms with E-state index in [0.717, 1.165) is 18.5 Å². The minimum absolute atomic E-state index is 0.368. The predicted octanol–water partition coefficient (Wildman–Crippen LogP) is 3.55. The van der Waals surface area contributed by atoms with Gasteiger partial charge in [-0.1, -0.05) is 25.0 Å². The van der Waals surface area contributed by atoms with Crippen LogP contribution < -0.4 is 0 Å². The van der Waals surface area contributed by atoms with Gasteiger partial charge in [0.25, 0.3) is 0 Å². The molecule has 1 heterocycles. The van der Waals surface area contributed by atoms with Gasteiger partial charge in [0.05, 0.1) is 0 Å². The van der Waals surface area contributed by atoms with Gasteiger partial charge in [-0.3, -0.25) is 4.90 Å². The average Bonchev–Trinajstić information content (AvgIpc) is 2.42. The normalized spacial score (nSPS) is 28.9. The Kier molecular flexibility index (Phi) is 3.55. The monoisotopic (exact) mass is 245 g/mol. The summed E-state index contributed by atoms with van der Waals surface area (Å²) >= 11 is 0. The molecule has 3 rings (SSSR count). The van der Waals surface area contributed by atoms with E-state index >= 15 is 0 Å². The van der Waals surface area contributed by atoms with Gasteiger partial charge in [0.2, 0.25) is 0 Å². The van der Waals surface area contributed by atoms with Crippen molar-refractivity contribution in [1.29, 1.82) is 0 Å². The number of fused-ring (bicyclic) bond motifs is 1. The number of nitrogens with zero attached hydrogens (tertiary/aromatic N) is 1. The first-order chi connectivity index (χ1) is 8.83. The van der Waals surface area contributed by atoms with E-state index in [1.807, 2.05) is 0 Å². The van der Waals surface area contributed by atoms with Gasteiger partial charge in [-0.15, -0.1) is 0 Å². The van der Waals surface area contributed by atoms with Crippen LogP contribution in [0.2, 0.25) is 0 Å². The average molecular weight is 245 g/mol. The number of likely N-dealkylation sites (tertiary alicyclic amines) is 1. The Morgan fingerprint density at radius 1 is 1.00 bits per heavy atom. The number of benzene rings is 1. The molecule has 0 amide bonds.